The Kier molecular flexibility index (Phi) is 1.92. The van der Waals surface area contributed by atoms with Gasteiger partial charge in [0.15, 0.2) is 0 Å². The molecule has 2 aliphatic rings. The monoisotopic (exact) mass is 332 g/mol. The number of ether oxygens (including phenoxy) is 1. The molecule has 0 N–H and O–H groups in total. The zero-order chi connectivity index (χ0) is 11.4. The Morgan fingerprint density at radius 1 is 1.12 bits per heavy atom. The molecule has 1 nitrogen and oxygen atoms in total. The Bertz CT molecular complexity index is 658. The molecule has 0 radical (unpaired) electrons. The van der Waals surface area contributed by atoms with E-state index in [1.165, 1.54) is 20.3 Å². The molecule has 4 rings (SSSR count). The van der Waals surface area contributed by atoms with Gasteiger partial charge in [-0.25, -0.2) is 0 Å². The largest absolute Gasteiger partial charge is 0.457 e. The summed E-state index contributed by atoms with van der Waals surface area (Å²) in [6, 6.07) is 12.6. The van der Waals surface area contributed by atoms with Gasteiger partial charge >= 0.3 is 0 Å². The molecule has 2 heteroatoms. The fourth-order valence-electron chi connectivity index (χ4n) is 2.63. The SMILES string of the molecule is Ic1ccc2c3c1C(C=C3)c1cccc(c1)O2. The van der Waals surface area contributed by atoms with Gasteiger partial charge in [0, 0.05) is 15.1 Å². The summed E-state index contributed by atoms with van der Waals surface area (Å²) < 4.78 is 7.26. The standard InChI is InChI=1S/C15H9IO/c16-13-6-7-14-12-5-4-11(15(12)13)9-2-1-3-10(8-9)17-14/h1-8,11H. The number of benzene rings is 2. The molecule has 82 valence electrons. The number of rotatable bonds is 0. The normalized spacial score (nSPS) is 18.5. The highest BCUT2D eigenvalue weighted by atomic mass is 127. The van der Waals surface area contributed by atoms with Gasteiger partial charge in [-0.3, -0.25) is 0 Å². The first-order valence-corrected chi connectivity index (χ1v) is 6.69. The second kappa shape index (κ2) is 3.35. The first kappa shape index (κ1) is 9.71. The van der Waals surface area contributed by atoms with E-state index in [1.54, 1.807) is 0 Å². The minimum atomic E-state index is 0.390. The molecular weight excluding hydrogens is 323 g/mol. The van der Waals surface area contributed by atoms with E-state index in [0.29, 0.717) is 5.92 Å². The second-order valence-electron chi connectivity index (χ2n) is 4.38. The van der Waals surface area contributed by atoms with Crippen LogP contribution < -0.4 is 4.74 Å². The Morgan fingerprint density at radius 2 is 2.06 bits per heavy atom. The maximum Gasteiger partial charge on any atom is 0.135 e. The fourth-order valence-corrected chi connectivity index (χ4v) is 3.44. The van der Waals surface area contributed by atoms with E-state index in [4.69, 9.17) is 4.74 Å². The maximum absolute atomic E-state index is 5.95. The van der Waals surface area contributed by atoms with Crippen LogP contribution in [0.1, 0.15) is 22.6 Å². The van der Waals surface area contributed by atoms with Gasteiger partial charge in [0.2, 0.25) is 0 Å². The summed E-state index contributed by atoms with van der Waals surface area (Å²) in [7, 11) is 0. The lowest BCUT2D eigenvalue weighted by molar-refractivity contribution is 0.478. The first-order chi connectivity index (χ1) is 8.33. The highest BCUT2D eigenvalue weighted by molar-refractivity contribution is 14.1. The van der Waals surface area contributed by atoms with Crippen LogP contribution in [0.3, 0.4) is 0 Å². The lowest BCUT2D eigenvalue weighted by Gasteiger charge is -2.20. The Morgan fingerprint density at radius 3 is 3.00 bits per heavy atom. The summed E-state index contributed by atoms with van der Waals surface area (Å²) >= 11 is 2.41. The molecule has 0 amide bonds. The van der Waals surface area contributed by atoms with Crippen LogP contribution in [0.25, 0.3) is 6.08 Å². The van der Waals surface area contributed by atoms with Crippen molar-refractivity contribution in [3.05, 3.63) is 62.7 Å². The number of fused-ring (bicyclic) bond motifs is 3. The van der Waals surface area contributed by atoms with Crippen LogP contribution in [0.15, 0.2) is 42.5 Å². The van der Waals surface area contributed by atoms with E-state index in [0.717, 1.165) is 11.5 Å². The molecule has 0 spiro atoms. The van der Waals surface area contributed by atoms with Crippen molar-refractivity contribution >= 4 is 28.7 Å². The average molecular weight is 332 g/mol. The summed E-state index contributed by atoms with van der Waals surface area (Å²) in [6.07, 6.45) is 4.46. The van der Waals surface area contributed by atoms with Gasteiger partial charge in [-0.15, -0.1) is 0 Å². The van der Waals surface area contributed by atoms with Crippen molar-refractivity contribution in [3.63, 3.8) is 0 Å². The quantitative estimate of drug-likeness (QED) is 0.643. The second-order valence-corrected chi connectivity index (χ2v) is 5.55. The third-order valence-electron chi connectivity index (χ3n) is 3.41. The predicted octanol–water partition coefficient (Wildman–Crippen LogP) is 4.56. The van der Waals surface area contributed by atoms with Gasteiger partial charge in [0.05, 0.1) is 0 Å². The smallest absolute Gasteiger partial charge is 0.135 e. The zero-order valence-corrected chi connectivity index (χ0v) is 11.1. The Labute approximate surface area is 113 Å². The van der Waals surface area contributed by atoms with Crippen molar-refractivity contribution in [2.75, 3.05) is 0 Å². The Balaban J connectivity index is 2.10. The number of hydrogen-bond acceptors (Lipinski definition) is 1. The molecule has 1 aliphatic heterocycles. The minimum Gasteiger partial charge on any atom is -0.457 e. The topological polar surface area (TPSA) is 9.23 Å². The van der Waals surface area contributed by atoms with Crippen molar-refractivity contribution in [2.24, 2.45) is 0 Å². The lowest BCUT2D eigenvalue weighted by atomic mass is 9.92. The average Bonchev–Trinajstić information content (AvgIpc) is 2.79. The van der Waals surface area contributed by atoms with Gasteiger partial charge in [0.1, 0.15) is 11.5 Å². The maximum atomic E-state index is 5.95. The predicted molar refractivity (Wildman–Crippen MR) is 76.6 cm³/mol. The summed E-state index contributed by atoms with van der Waals surface area (Å²) in [5.74, 6) is 2.29. The van der Waals surface area contributed by atoms with Crippen LogP contribution in [0.4, 0.5) is 0 Å². The Hall–Kier alpha value is -1.29. The molecule has 0 fully saturated rings. The molecule has 0 aromatic heterocycles. The minimum absolute atomic E-state index is 0.390. The molecule has 6 bridgehead atoms. The van der Waals surface area contributed by atoms with Crippen LogP contribution in [-0.4, -0.2) is 0 Å². The van der Waals surface area contributed by atoms with E-state index in [2.05, 4.69) is 65.1 Å². The number of allylic oxidation sites excluding steroid dienone is 1. The molecule has 1 heterocycles. The fraction of sp³-hybridized carbons (Fsp3) is 0.0667. The molecule has 1 unspecified atom stereocenters. The molecule has 2 aromatic rings. The van der Waals surface area contributed by atoms with E-state index >= 15 is 0 Å². The number of hydrogen-bond donors (Lipinski definition) is 0. The van der Waals surface area contributed by atoms with Gasteiger partial charge in [0.25, 0.3) is 0 Å². The van der Waals surface area contributed by atoms with Crippen molar-refractivity contribution in [1.82, 2.24) is 0 Å². The van der Waals surface area contributed by atoms with Crippen LogP contribution in [-0.2, 0) is 0 Å². The third-order valence-corrected chi connectivity index (χ3v) is 4.35. The molecule has 1 aliphatic carbocycles. The van der Waals surface area contributed by atoms with Crippen molar-refractivity contribution < 1.29 is 4.74 Å². The molecule has 0 saturated carbocycles. The molecular formula is C15H9IO. The van der Waals surface area contributed by atoms with Gasteiger partial charge in [-0.1, -0.05) is 24.3 Å². The third kappa shape index (κ3) is 1.30. The van der Waals surface area contributed by atoms with Crippen molar-refractivity contribution in [2.45, 2.75) is 5.92 Å². The van der Waals surface area contributed by atoms with E-state index in [1.807, 2.05) is 6.07 Å². The van der Waals surface area contributed by atoms with Crippen molar-refractivity contribution in [1.29, 1.82) is 0 Å². The van der Waals surface area contributed by atoms with Gasteiger partial charge < -0.3 is 4.74 Å². The van der Waals surface area contributed by atoms with Crippen molar-refractivity contribution in [3.8, 4) is 11.5 Å². The summed E-state index contributed by atoms with van der Waals surface area (Å²) in [5, 5.41) is 0. The van der Waals surface area contributed by atoms with E-state index in [-0.39, 0.29) is 0 Å². The summed E-state index contributed by atoms with van der Waals surface area (Å²) in [4.78, 5) is 0. The highest BCUT2D eigenvalue weighted by Gasteiger charge is 2.26. The van der Waals surface area contributed by atoms with Crippen LogP contribution in [0.2, 0.25) is 0 Å². The molecule has 1 atom stereocenters. The molecule has 2 aromatic carbocycles. The lowest BCUT2D eigenvalue weighted by Crippen LogP contribution is -2.03. The van der Waals surface area contributed by atoms with E-state index < -0.39 is 0 Å². The van der Waals surface area contributed by atoms with Crippen LogP contribution in [0.5, 0.6) is 11.5 Å². The highest BCUT2D eigenvalue weighted by Crippen LogP contribution is 2.45. The van der Waals surface area contributed by atoms with Crippen LogP contribution in [0, 0.1) is 3.57 Å². The van der Waals surface area contributed by atoms with Crippen LogP contribution >= 0.6 is 22.6 Å². The number of halogens is 1. The summed E-state index contributed by atoms with van der Waals surface area (Å²) in [5.41, 5.74) is 3.95. The van der Waals surface area contributed by atoms with Gasteiger partial charge in [-0.05, 0) is 58.0 Å². The first-order valence-electron chi connectivity index (χ1n) is 5.61. The molecule has 0 saturated heterocycles. The van der Waals surface area contributed by atoms with Gasteiger partial charge in [-0.2, -0.15) is 0 Å². The summed E-state index contributed by atoms with van der Waals surface area (Å²) in [6.45, 7) is 0. The van der Waals surface area contributed by atoms with E-state index in [9.17, 15) is 0 Å². The zero-order valence-electron chi connectivity index (χ0n) is 8.98. The molecule has 17 heavy (non-hydrogen) atoms.